The Morgan fingerprint density at radius 3 is 2.62 bits per heavy atom. The summed E-state index contributed by atoms with van der Waals surface area (Å²) in [6.45, 7) is 5.04. The lowest BCUT2D eigenvalue weighted by Gasteiger charge is -2.10. The van der Waals surface area contributed by atoms with Crippen LogP contribution in [0.5, 0.6) is 0 Å². The third-order valence-electron chi connectivity index (χ3n) is 3.83. The molecular weight excluding hydrogens is 287 g/mol. The van der Waals surface area contributed by atoms with Crippen LogP contribution in [0.1, 0.15) is 63.6 Å². The van der Waals surface area contributed by atoms with E-state index in [0.717, 1.165) is 24.3 Å². The van der Waals surface area contributed by atoms with Gasteiger partial charge in [-0.25, -0.2) is 9.37 Å². The fourth-order valence-electron chi connectivity index (χ4n) is 2.71. The molecule has 1 atom stereocenters. The second-order valence-corrected chi connectivity index (χ2v) is 6.29. The molecule has 0 aliphatic heterocycles. The van der Waals surface area contributed by atoms with Gasteiger partial charge in [-0.1, -0.05) is 39.0 Å². The van der Waals surface area contributed by atoms with Gasteiger partial charge in [0.15, 0.2) is 0 Å². The van der Waals surface area contributed by atoms with Gasteiger partial charge in [0.2, 0.25) is 0 Å². The van der Waals surface area contributed by atoms with Crippen LogP contribution in [0.25, 0.3) is 11.0 Å². The number of aromatic nitrogens is 2. The lowest BCUT2D eigenvalue weighted by Crippen LogP contribution is -2.04. The van der Waals surface area contributed by atoms with Crippen LogP contribution in [0.15, 0.2) is 18.2 Å². The predicted octanol–water partition coefficient (Wildman–Crippen LogP) is 5.84. The number of rotatable bonds is 8. The first kappa shape index (κ1) is 16.3. The summed E-state index contributed by atoms with van der Waals surface area (Å²) in [4.78, 5) is 4.49. The second kappa shape index (κ2) is 7.79. The fraction of sp³-hybridized carbons (Fsp3) is 0.588. The van der Waals surface area contributed by atoms with E-state index < -0.39 is 0 Å². The molecule has 0 saturated heterocycles. The summed E-state index contributed by atoms with van der Waals surface area (Å²) in [5, 5.41) is -0.166. The zero-order valence-electron chi connectivity index (χ0n) is 12.9. The van der Waals surface area contributed by atoms with Crippen molar-refractivity contribution in [3.05, 3.63) is 29.8 Å². The molecule has 0 spiro atoms. The van der Waals surface area contributed by atoms with E-state index in [-0.39, 0.29) is 11.2 Å². The predicted molar refractivity (Wildman–Crippen MR) is 87.3 cm³/mol. The van der Waals surface area contributed by atoms with Crippen LogP contribution in [0, 0.1) is 5.82 Å². The van der Waals surface area contributed by atoms with Crippen LogP contribution in [-0.4, -0.2) is 9.55 Å². The Balaban J connectivity index is 2.08. The highest BCUT2D eigenvalue weighted by Crippen LogP contribution is 2.25. The molecule has 0 N–H and O–H groups in total. The monoisotopic (exact) mass is 310 g/mol. The summed E-state index contributed by atoms with van der Waals surface area (Å²) >= 11 is 6.22. The van der Waals surface area contributed by atoms with Crippen molar-refractivity contribution in [1.29, 1.82) is 0 Å². The lowest BCUT2D eigenvalue weighted by molar-refractivity contribution is 0.553. The van der Waals surface area contributed by atoms with Crippen molar-refractivity contribution in [3.63, 3.8) is 0 Å². The van der Waals surface area contributed by atoms with Crippen LogP contribution >= 0.6 is 11.6 Å². The van der Waals surface area contributed by atoms with Gasteiger partial charge in [-0.05, 0) is 25.5 Å². The Kier molecular flexibility index (Phi) is 6.04. The molecule has 21 heavy (non-hydrogen) atoms. The molecule has 116 valence electrons. The van der Waals surface area contributed by atoms with E-state index >= 15 is 0 Å². The Bertz CT molecular complexity index is 577. The van der Waals surface area contributed by atoms with Gasteiger partial charge in [0, 0.05) is 12.6 Å². The van der Waals surface area contributed by atoms with E-state index in [9.17, 15) is 4.39 Å². The van der Waals surface area contributed by atoms with Gasteiger partial charge in [-0.15, -0.1) is 11.6 Å². The normalized spacial score (nSPS) is 13.0. The Labute approximate surface area is 131 Å². The third kappa shape index (κ3) is 4.19. The average molecular weight is 311 g/mol. The van der Waals surface area contributed by atoms with Crippen LogP contribution in [0.2, 0.25) is 0 Å². The maximum atomic E-state index is 13.3. The molecule has 0 bridgehead atoms. The molecular formula is C17H24ClFN2. The second-order valence-electron chi connectivity index (χ2n) is 5.64. The number of imidazole rings is 1. The van der Waals surface area contributed by atoms with E-state index in [1.165, 1.54) is 44.2 Å². The van der Waals surface area contributed by atoms with Crippen molar-refractivity contribution < 1.29 is 4.39 Å². The summed E-state index contributed by atoms with van der Waals surface area (Å²) < 4.78 is 15.5. The van der Waals surface area contributed by atoms with Crippen molar-refractivity contribution in [1.82, 2.24) is 9.55 Å². The lowest BCUT2D eigenvalue weighted by atomic mass is 10.1. The Morgan fingerprint density at radius 1 is 1.19 bits per heavy atom. The summed E-state index contributed by atoms with van der Waals surface area (Å²) in [6.07, 6.45) is 7.51. The molecule has 2 nitrogen and oxygen atoms in total. The molecule has 0 saturated carbocycles. The van der Waals surface area contributed by atoms with Crippen molar-refractivity contribution >= 4 is 22.6 Å². The van der Waals surface area contributed by atoms with Crippen molar-refractivity contribution in [2.45, 2.75) is 64.3 Å². The highest BCUT2D eigenvalue weighted by Gasteiger charge is 2.14. The van der Waals surface area contributed by atoms with Gasteiger partial charge in [-0.3, -0.25) is 0 Å². The van der Waals surface area contributed by atoms with Gasteiger partial charge < -0.3 is 4.57 Å². The molecule has 0 aliphatic carbocycles. The zero-order valence-corrected chi connectivity index (χ0v) is 13.7. The van der Waals surface area contributed by atoms with Crippen LogP contribution in [-0.2, 0) is 6.54 Å². The molecule has 1 aromatic carbocycles. The molecule has 0 aliphatic rings. The first-order chi connectivity index (χ1) is 10.1. The third-order valence-corrected chi connectivity index (χ3v) is 4.03. The molecule has 2 rings (SSSR count). The number of fused-ring (bicyclic) bond motifs is 1. The Morgan fingerprint density at radius 2 is 1.90 bits per heavy atom. The minimum absolute atomic E-state index is 0.166. The summed E-state index contributed by atoms with van der Waals surface area (Å²) in [7, 11) is 0. The first-order valence-corrected chi connectivity index (χ1v) is 8.37. The van der Waals surface area contributed by atoms with E-state index in [1.54, 1.807) is 6.07 Å². The summed E-state index contributed by atoms with van der Waals surface area (Å²) in [5.41, 5.74) is 1.68. The van der Waals surface area contributed by atoms with E-state index in [1.807, 2.05) is 6.92 Å². The first-order valence-electron chi connectivity index (χ1n) is 7.93. The minimum Gasteiger partial charge on any atom is -0.327 e. The van der Waals surface area contributed by atoms with Crippen molar-refractivity contribution in [2.24, 2.45) is 0 Å². The number of hydrogen-bond donors (Lipinski definition) is 0. The fourth-order valence-corrected chi connectivity index (χ4v) is 2.88. The minimum atomic E-state index is -0.250. The van der Waals surface area contributed by atoms with E-state index in [4.69, 9.17) is 11.6 Å². The van der Waals surface area contributed by atoms with E-state index in [2.05, 4.69) is 16.5 Å². The summed E-state index contributed by atoms with van der Waals surface area (Å²) in [5.74, 6) is 0.589. The number of unbranched alkanes of at least 4 members (excludes halogenated alkanes) is 5. The van der Waals surface area contributed by atoms with Crippen LogP contribution in [0.3, 0.4) is 0 Å². The summed E-state index contributed by atoms with van der Waals surface area (Å²) in [6, 6.07) is 4.78. The highest BCUT2D eigenvalue weighted by atomic mass is 35.5. The maximum absolute atomic E-state index is 13.3. The highest BCUT2D eigenvalue weighted by molar-refractivity contribution is 6.20. The quantitative estimate of drug-likeness (QED) is 0.442. The number of benzene rings is 1. The van der Waals surface area contributed by atoms with Crippen molar-refractivity contribution in [2.75, 3.05) is 0 Å². The molecule has 1 unspecified atom stereocenters. The largest absolute Gasteiger partial charge is 0.327 e. The number of nitrogens with zero attached hydrogens (tertiary/aromatic N) is 2. The number of halogens is 2. The van der Waals surface area contributed by atoms with Gasteiger partial charge in [0.05, 0.1) is 16.4 Å². The average Bonchev–Trinajstić information content (AvgIpc) is 2.80. The maximum Gasteiger partial charge on any atom is 0.127 e. The topological polar surface area (TPSA) is 17.8 Å². The number of alkyl halides is 1. The molecule has 0 amide bonds. The smallest absolute Gasteiger partial charge is 0.127 e. The molecule has 1 heterocycles. The van der Waals surface area contributed by atoms with Crippen LogP contribution < -0.4 is 0 Å². The van der Waals surface area contributed by atoms with Gasteiger partial charge >= 0.3 is 0 Å². The van der Waals surface area contributed by atoms with E-state index in [0.29, 0.717) is 5.52 Å². The van der Waals surface area contributed by atoms with Crippen LogP contribution in [0.4, 0.5) is 4.39 Å². The SMILES string of the molecule is CCCCCCCCn1c(C(C)Cl)nc2cc(F)ccc21. The molecule has 1 aromatic heterocycles. The molecule has 4 heteroatoms. The number of hydrogen-bond acceptors (Lipinski definition) is 1. The molecule has 0 fully saturated rings. The van der Waals surface area contributed by atoms with Crippen molar-refractivity contribution in [3.8, 4) is 0 Å². The Hall–Kier alpha value is -1.09. The van der Waals surface area contributed by atoms with Gasteiger partial charge in [-0.2, -0.15) is 0 Å². The van der Waals surface area contributed by atoms with Gasteiger partial charge in [0.25, 0.3) is 0 Å². The molecule has 0 radical (unpaired) electrons. The standard InChI is InChI=1S/C17H24ClFN2/c1-3-4-5-6-7-8-11-21-16-10-9-14(19)12-15(16)20-17(21)13(2)18/h9-10,12-13H,3-8,11H2,1-2H3. The zero-order chi connectivity index (χ0) is 15.2. The molecule has 2 aromatic rings. The number of aryl methyl sites for hydroxylation is 1. The van der Waals surface area contributed by atoms with Gasteiger partial charge in [0.1, 0.15) is 11.6 Å².